The Balaban J connectivity index is 1.71. The smallest absolute Gasteiger partial charge is 0.271 e. The molecule has 0 unspecified atom stereocenters. The predicted octanol–water partition coefficient (Wildman–Crippen LogP) is 3.17. The number of carbonyl (C=O) groups is 1. The molecule has 2 aromatic carbocycles. The van der Waals surface area contributed by atoms with Crippen LogP contribution in [-0.2, 0) is 0 Å². The average Bonchev–Trinajstić information content (AvgIpc) is 2.62. The third kappa shape index (κ3) is 3.72. The van der Waals surface area contributed by atoms with Crippen molar-refractivity contribution in [3.8, 4) is 5.75 Å². The van der Waals surface area contributed by atoms with Gasteiger partial charge in [-0.25, -0.2) is 5.43 Å². The molecule has 3 rings (SSSR count). The van der Waals surface area contributed by atoms with E-state index in [0.29, 0.717) is 0 Å². The second-order valence-corrected chi connectivity index (χ2v) is 5.45. The van der Waals surface area contributed by atoms with Crippen molar-refractivity contribution < 1.29 is 14.5 Å². The molecule has 0 aliphatic carbocycles. The Labute approximate surface area is 143 Å². The molecule has 0 radical (unpaired) electrons. The lowest BCUT2D eigenvalue weighted by Crippen LogP contribution is -2.22. The molecule has 0 aromatic heterocycles. The normalized spacial score (nSPS) is 15.9. The van der Waals surface area contributed by atoms with Crippen molar-refractivity contribution in [2.45, 2.75) is 13.0 Å². The number of para-hydroxylation sites is 1. The predicted molar refractivity (Wildman–Crippen MR) is 93.6 cm³/mol. The first kappa shape index (κ1) is 16.4. The second kappa shape index (κ2) is 6.96. The van der Waals surface area contributed by atoms with Crippen molar-refractivity contribution in [2.75, 3.05) is 0 Å². The van der Waals surface area contributed by atoms with Gasteiger partial charge in [-0.2, -0.15) is 5.10 Å². The summed E-state index contributed by atoms with van der Waals surface area (Å²) in [5, 5.41) is 14.7. The minimum Gasteiger partial charge on any atom is -0.485 e. The number of fused-ring (bicyclic) bond motifs is 1. The van der Waals surface area contributed by atoms with Crippen molar-refractivity contribution in [1.29, 1.82) is 0 Å². The van der Waals surface area contributed by atoms with Crippen LogP contribution in [0.25, 0.3) is 6.08 Å². The van der Waals surface area contributed by atoms with Gasteiger partial charge in [0.15, 0.2) is 0 Å². The molecule has 1 aliphatic rings. The van der Waals surface area contributed by atoms with Crippen molar-refractivity contribution >= 4 is 23.9 Å². The summed E-state index contributed by atoms with van der Waals surface area (Å²) in [7, 11) is 0. The lowest BCUT2D eigenvalue weighted by atomic mass is 10.0. The molecule has 7 nitrogen and oxygen atoms in total. The maximum absolute atomic E-state index is 12.0. The van der Waals surface area contributed by atoms with Crippen molar-refractivity contribution in [3.63, 3.8) is 0 Å². The lowest BCUT2D eigenvalue weighted by Gasteiger charge is -2.22. The largest absolute Gasteiger partial charge is 0.485 e. The van der Waals surface area contributed by atoms with E-state index >= 15 is 0 Å². The van der Waals surface area contributed by atoms with Crippen LogP contribution in [0.1, 0.15) is 22.8 Å². The van der Waals surface area contributed by atoms with E-state index in [2.05, 4.69) is 10.5 Å². The van der Waals surface area contributed by atoms with Gasteiger partial charge in [0, 0.05) is 28.8 Å². The molecule has 7 heteroatoms. The zero-order valence-electron chi connectivity index (χ0n) is 13.4. The molecule has 1 amide bonds. The van der Waals surface area contributed by atoms with Crippen LogP contribution in [0.15, 0.2) is 59.2 Å². The van der Waals surface area contributed by atoms with Gasteiger partial charge in [-0.15, -0.1) is 0 Å². The van der Waals surface area contributed by atoms with Crippen molar-refractivity contribution in [2.24, 2.45) is 5.10 Å². The van der Waals surface area contributed by atoms with Gasteiger partial charge in [0.1, 0.15) is 11.9 Å². The number of rotatable bonds is 4. The zero-order valence-corrected chi connectivity index (χ0v) is 13.4. The number of nitrogens with one attached hydrogen (secondary N) is 1. The van der Waals surface area contributed by atoms with E-state index < -0.39 is 10.8 Å². The summed E-state index contributed by atoms with van der Waals surface area (Å²) in [5.74, 6) is 0.276. The fraction of sp³-hybridized carbons (Fsp3) is 0.111. The topological polar surface area (TPSA) is 93.8 Å². The molecule has 0 saturated carbocycles. The Kier molecular flexibility index (Phi) is 4.56. The molecule has 1 heterocycles. The summed E-state index contributed by atoms with van der Waals surface area (Å²) in [4.78, 5) is 22.2. The summed E-state index contributed by atoms with van der Waals surface area (Å²) in [6.07, 6.45) is 3.25. The van der Waals surface area contributed by atoms with Gasteiger partial charge in [0.25, 0.3) is 11.6 Å². The SMILES string of the molecule is C[C@@H]1Oc2ccccc2C=C1/C=N\NC(=O)c1cccc([N+](=O)[O-])c1. The molecule has 1 aliphatic heterocycles. The lowest BCUT2D eigenvalue weighted by molar-refractivity contribution is -0.384. The molecule has 2 aromatic rings. The molecule has 0 saturated heterocycles. The van der Waals surface area contributed by atoms with E-state index in [-0.39, 0.29) is 17.4 Å². The number of benzene rings is 2. The van der Waals surface area contributed by atoms with E-state index in [1.807, 2.05) is 37.3 Å². The van der Waals surface area contributed by atoms with Crippen LogP contribution < -0.4 is 10.2 Å². The molecule has 126 valence electrons. The third-order valence-electron chi connectivity index (χ3n) is 3.71. The number of ether oxygens (including phenoxy) is 1. The number of non-ortho nitro benzene ring substituents is 1. The molecule has 0 fully saturated rings. The molecule has 1 N–H and O–H groups in total. The first-order valence-corrected chi connectivity index (χ1v) is 7.60. The summed E-state index contributed by atoms with van der Waals surface area (Å²) in [6.45, 7) is 1.89. The number of hydrogen-bond donors (Lipinski definition) is 1. The highest BCUT2D eigenvalue weighted by molar-refractivity contribution is 5.96. The zero-order chi connectivity index (χ0) is 17.8. The van der Waals surface area contributed by atoms with Gasteiger partial charge >= 0.3 is 0 Å². The minimum atomic E-state index is -0.552. The molecule has 0 spiro atoms. The number of nitro groups is 1. The highest BCUT2D eigenvalue weighted by Crippen LogP contribution is 2.28. The minimum absolute atomic E-state index is 0.148. The fourth-order valence-electron chi connectivity index (χ4n) is 2.40. The number of nitro benzene ring substituents is 1. The number of hydrogen-bond acceptors (Lipinski definition) is 5. The maximum atomic E-state index is 12.0. The summed E-state index contributed by atoms with van der Waals surface area (Å²) >= 11 is 0. The van der Waals surface area contributed by atoms with Gasteiger partial charge < -0.3 is 4.74 Å². The van der Waals surface area contributed by atoms with Crippen LogP contribution in [0.4, 0.5) is 5.69 Å². The molecule has 1 atom stereocenters. The maximum Gasteiger partial charge on any atom is 0.271 e. The third-order valence-corrected chi connectivity index (χ3v) is 3.71. The number of hydrazone groups is 1. The van der Waals surface area contributed by atoms with Crippen molar-refractivity contribution in [3.05, 3.63) is 75.3 Å². The monoisotopic (exact) mass is 337 g/mol. The Morgan fingerprint density at radius 2 is 2.08 bits per heavy atom. The van der Waals surface area contributed by atoms with E-state index in [1.165, 1.54) is 30.5 Å². The Morgan fingerprint density at radius 1 is 1.28 bits per heavy atom. The second-order valence-electron chi connectivity index (χ2n) is 5.45. The molecule has 25 heavy (non-hydrogen) atoms. The first-order valence-electron chi connectivity index (χ1n) is 7.60. The number of nitrogens with zero attached hydrogens (tertiary/aromatic N) is 2. The fourth-order valence-corrected chi connectivity index (χ4v) is 2.40. The summed E-state index contributed by atoms with van der Waals surface area (Å²) in [5.41, 5.74) is 4.13. The summed E-state index contributed by atoms with van der Waals surface area (Å²) < 4.78 is 5.78. The van der Waals surface area contributed by atoms with E-state index in [1.54, 1.807) is 0 Å². The van der Waals surface area contributed by atoms with E-state index in [4.69, 9.17) is 4.74 Å². The van der Waals surface area contributed by atoms with E-state index in [9.17, 15) is 14.9 Å². The van der Waals surface area contributed by atoms with Crippen LogP contribution in [0, 0.1) is 10.1 Å². The Morgan fingerprint density at radius 3 is 2.88 bits per heavy atom. The Bertz CT molecular complexity index is 889. The first-order chi connectivity index (χ1) is 12.0. The number of amides is 1. The highest BCUT2D eigenvalue weighted by Gasteiger charge is 2.17. The van der Waals surface area contributed by atoms with Crippen LogP contribution >= 0.6 is 0 Å². The van der Waals surface area contributed by atoms with Crippen molar-refractivity contribution in [1.82, 2.24) is 5.43 Å². The summed E-state index contributed by atoms with van der Waals surface area (Å²) in [6, 6.07) is 13.1. The average molecular weight is 337 g/mol. The van der Waals surface area contributed by atoms with Gasteiger partial charge in [0.2, 0.25) is 0 Å². The van der Waals surface area contributed by atoms with Gasteiger partial charge in [-0.05, 0) is 25.1 Å². The standard InChI is InChI=1S/C18H15N3O4/c1-12-15(9-13-5-2-3-8-17(13)25-12)11-19-20-18(22)14-6-4-7-16(10-14)21(23)24/h2-12H,1H3,(H,20,22)/b19-11-/t12-/m0/s1. The highest BCUT2D eigenvalue weighted by atomic mass is 16.6. The van der Waals surface area contributed by atoms with Crippen LogP contribution in [-0.4, -0.2) is 23.1 Å². The Hall–Kier alpha value is -3.48. The molecular formula is C18H15N3O4. The number of carbonyl (C=O) groups excluding carboxylic acids is 1. The van der Waals surface area contributed by atoms with Gasteiger partial charge in [0.05, 0.1) is 11.1 Å². The molecule has 0 bridgehead atoms. The quantitative estimate of drug-likeness (QED) is 0.527. The van der Waals surface area contributed by atoms with Gasteiger partial charge in [-0.1, -0.05) is 24.3 Å². The van der Waals surface area contributed by atoms with Crippen LogP contribution in [0.3, 0.4) is 0 Å². The van der Waals surface area contributed by atoms with E-state index in [0.717, 1.165) is 16.9 Å². The molecular weight excluding hydrogens is 322 g/mol. The van der Waals surface area contributed by atoms with Crippen LogP contribution in [0.2, 0.25) is 0 Å². The van der Waals surface area contributed by atoms with Crippen LogP contribution in [0.5, 0.6) is 5.75 Å². The van der Waals surface area contributed by atoms with Gasteiger partial charge in [-0.3, -0.25) is 14.9 Å².